The first kappa shape index (κ1) is 22.6. The number of aromatic nitrogens is 3. The Balaban J connectivity index is 1.52. The number of benzene rings is 3. The highest BCUT2D eigenvalue weighted by atomic mass is 35.5. The van der Waals surface area contributed by atoms with Gasteiger partial charge < -0.3 is 10.1 Å². The van der Waals surface area contributed by atoms with Crippen LogP contribution < -0.4 is 10.1 Å². The van der Waals surface area contributed by atoms with Gasteiger partial charge in [-0.2, -0.15) is 10.1 Å². The van der Waals surface area contributed by atoms with Crippen molar-refractivity contribution in [2.45, 2.75) is 13.8 Å². The smallest absolute Gasteiger partial charge is 0.262 e. The summed E-state index contributed by atoms with van der Waals surface area (Å²) in [5.74, 6) is 0.0395. The monoisotopic (exact) mass is 482 g/mol. The van der Waals surface area contributed by atoms with Crippen LogP contribution in [0.3, 0.4) is 0 Å². The van der Waals surface area contributed by atoms with Gasteiger partial charge in [0, 0.05) is 16.8 Å². The van der Waals surface area contributed by atoms with E-state index in [2.05, 4.69) is 5.32 Å². The van der Waals surface area contributed by atoms with Crippen molar-refractivity contribution in [1.29, 1.82) is 0 Å². The summed E-state index contributed by atoms with van der Waals surface area (Å²) in [5.41, 5.74) is 5.93. The van der Waals surface area contributed by atoms with Gasteiger partial charge in [0.15, 0.2) is 12.3 Å². The normalized spacial score (nSPS) is 10.9. The van der Waals surface area contributed by atoms with Gasteiger partial charge in [-0.1, -0.05) is 66.2 Å². The van der Waals surface area contributed by atoms with Crippen LogP contribution in [0, 0.1) is 13.8 Å². The van der Waals surface area contributed by atoms with Crippen LogP contribution in [0.25, 0.3) is 27.8 Å². The second-order valence-electron chi connectivity index (χ2n) is 8.20. The Morgan fingerprint density at radius 2 is 1.69 bits per heavy atom. The van der Waals surface area contributed by atoms with Crippen LogP contribution >= 0.6 is 11.6 Å². The summed E-state index contributed by atoms with van der Waals surface area (Å²) < 4.78 is 7.69. The number of carbonyl (C=O) groups is 1. The molecule has 6 nitrogen and oxygen atoms in total. The summed E-state index contributed by atoms with van der Waals surface area (Å²) in [7, 11) is 0. The maximum atomic E-state index is 12.6. The van der Waals surface area contributed by atoms with Gasteiger partial charge in [0.05, 0.1) is 16.8 Å². The van der Waals surface area contributed by atoms with Gasteiger partial charge >= 0.3 is 0 Å². The van der Waals surface area contributed by atoms with Crippen LogP contribution in [-0.2, 0) is 4.79 Å². The SMILES string of the molecule is Cc1ccc(Cl)cc1NC(=O)COc1cc(-c2ccccc2)c2c(C)nn(-c3ccccc3)c2n1. The molecule has 0 aliphatic heterocycles. The number of para-hydroxylation sites is 1. The number of halogens is 1. The Morgan fingerprint density at radius 3 is 2.43 bits per heavy atom. The molecular formula is C28H23ClN4O2. The summed E-state index contributed by atoms with van der Waals surface area (Å²) in [6.45, 7) is 3.68. The fraction of sp³-hybridized carbons (Fsp3) is 0.107. The molecule has 1 N–H and O–H groups in total. The number of amides is 1. The second kappa shape index (κ2) is 9.60. The third-order valence-corrected chi connectivity index (χ3v) is 5.93. The average Bonchev–Trinajstić information content (AvgIpc) is 3.22. The van der Waals surface area contributed by atoms with Crippen molar-refractivity contribution in [3.63, 3.8) is 0 Å². The lowest BCUT2D eigenvalue weighted by Gasteiger charge is -2.12. The molecule has 0 saturated heterocycles. The van der Waals surface area contributed by atoms with Crippen molar-refractivity contribution in [1.82, 2.24) is 14.8 Å². The first-order valence-electron chi connectivity index (χ1n) is 11.2. The van der Waals surface area contributed by atoms with E-state index in [0.717, 1.165) is 33.5 Å². The fourth-order valence-electron chi connectivity index (χ4n) is 3.99. The molecule has 174 valence electrons. The molecule has 5 rings (SSSR count). The number of carbonyl (C=O) groups excluding carboxylic acids is 1. The molecule has 5 aromatic rings. The van der Waals surface area contributed by atoms with Crippen LogP contribution in [-0.4, -0.2) is 27.3 Å². The van der Waals surface area contributed by atoms with Gasteiger partial charge in [-0.3, -0.25) is 4.79 Å². The minimum absolute atomic E-state index is 0.197. The zero-order chi connectivity index (χ0) is 24.4. The maximum absolute atomic E-state index is 12.6. The van der Waals surface area contributed by atoms with Gasteiger partial charge in [-0.25, -0.2) is 4.68 Å². The van der Waals surface area contributed by atoms with Crippen LogP contribution in [0.1, 0.15) is 11.3 Å². The van der Waals surface area contributed by atoms with Crippen LogP contribution in [0.5, 0.6) is 5.88 Å². The Morgan fingerprint density at radius 1 is 0.971 bits per heavy atom. The molecule has 1 amide bonds. The summed E-state index contributed by atoms with van der Waals surface area (Å²) >= 11 is 6.07. The molecule has 0 bridgehead atoms. The van der Waals surface area contributed by atoms with E-state index in [4.69, 9.17) is 26.4 Å². The third-order valence-electron chi connectivity index (χ3n) is 5.70. The van der Waals surface area contributed by atoms with Crippen LogP contribution in [0.4, 0.5) is 5.69 Å². The molecule has 0 aliphatic carbocycles. The van der Waals surface area contributed by atoms with Gasteiger partial charge in [0.2, 0.25) is 5.88 Å². The Labute approximate surface area is 208 Å². The number of anilines is 1. The summed E-state index contributed by atoms with van der Waals surface area (Å²) in [4.78, 5) is 17.4. The Kier molecular flexibility index (Phi) is 6.21. The first-order valence-corrected chi connectivity index (χ1v) is 11.6. The molecule has 0 fully saturated rings. The van der Waals surface area contributed by atoms with Crippen molar-refractivity contribution in [3.8, 4) is 22.7 Å². The van der Waals surface area contributed by atoms with Crippen LogP contribution in [0.15, 0.2) is 84.9 Å². The van der Waals surface area contributed by atoms with E-state index in [1.54, 1.807) is 16.8 Å². The minimum Gasteiger partial charge on any atom is -0.467 e. The van der Waals surface area contributed by atoms with Gasteiger partial charge in [0.25, 0.3) is 5.91 Å². The fourth-order valence-corrected chi connectivity index (χ4v) is 4.16. The standard InChI is InChI=1S/C28H23ClN4O2/c1-18-13-14-21(29)15-24(18)30-25(34)17-35-26-16-23(20-9-5-3-6-10-20)27-19(2)32-33(28(27)31-26)22-11-7-4-8-12-22/h3-16H,17H2,1-2H3,(H,30,34). The van der Waals surface area contributed by atoms with E-state index in [1.165, 1.54) is 0 Å². The number of fused-ring (bicyclic) bond motifs is 1. The predicted molar refractivity (Wildman–Crippen MR) is 139 cm³/mol. The average molecular weight is 483 g/mol. The van der Waals surface area contributed by atoms with E-state index in [0.29, 0.717) is 22.2 Å². The van der Waals surface area contributed by atoms with E-state index >= 15 is 0 Å². The lowest BCUT2D eigenvalue weighted by Crippen LogP contribution is -2.21. The number of hydrogen-bond donors (Lipinski definition) is 1. The number of pyridine rings is 1. The number of nitrogens with one attached hydrogen (secondary N) is 1. The number of hydrogen-bond acceptors (Lipinski definition) is 4. The van der Waals surface area contributed by atoms with Gasteiger partial charge in [-0.05, 0) is 54.8 Å². The summed E-state index contributed by atoms with van der Waals surface area (Å²) in [6, 6.07) is 27.1. The molecule has 0 aliphatic rings. The molecule has 7 heteroatoms. The molecule has 2 aromatic heterocycles. The lowest BCUT2D eigenvalue weighted by atomic mass is 10.0. The lowest BCUT2D eigenvalue weighted by molar-refractivity contribution is -0.118. The van der Waals surface area contributed by atoms with Crippen molar-refractivity contribution >= 4 is 34.2 Å². The highest BCUT2D eigenvalue weighted by molar-refractivity contribution is 6.31. The zero-order valence-electron chi connectivity index (χ0n) is 19.3. The highest BCUT2D eigenvalue weighted by Gasteiger charge is 2.18. The number of rotatable bonds is 6. The highest BCUT2D eigenvalue weighted by Crippen LogP contribution is 2.34. The molecule has 0 spiro atoms. The topological polar surface area (TPSA) is 69.0 Å². The van der Waals surface area contributed by atoms with Crippen molar-refractivity contribution in [2.75, 3.05) is 11.9 Å². The second-order valence-corrected chi connectivity index (χ2v) is 8.64. The molecule has 3 aromatic carbocycles. The summed E-state index contributed by atoms with van der Waals surface area (Å²) in [6.07, 6.45) is 0. The zero-order valence-corrected chi connectivity index (χ0v) is 20.1. The molecule has 0 radical (unpaired) electrons. The van der Waals surface area contributed by atoms with E-state index < -0.39 is 0 Å². The molecule has 2 heterocycles. The minimum atomic E-state index is -0.300. The molecular weight excluding hydrogens is 460 g/mol. The maximum Gasteiger partial charge on any atom is 0.262 e. The first-order chi connectivity index (χ1) is 17.0. The molecule has 0 saturated carbocycles. The van der Waals surface area contributed by atoms with Crippen molar-refractivity contribution < 1.29 is 9.53 Å². The van der Waals surface area contributed by atoms with Crippen molar-refractivity contribution in [2.24, 2.45) is 0 Å². The third kappa shape index (κ3) is 4.74. The van der Waals surface area contributed by atoms with Crippen LogP contribution in [0.2, 0.25) is 5.02 Å². The number of ether oxygens (including phenoxy) is 1. The Bertz CT molecular complexity index is 1520. The largest absolute Gasteiger partial charge is 0.467 e. The predicted octanol–water partition coefficient (Wildman–Crippen LogP) is 6.38. The van der Waals surface area contributed by atoms with Gasteiger partial charge in [0.1, 0.15) is 0 Å². The molecule has 0 atom stereocenters. The quantitative estimate of drug-likeness (QED) is 0.305. The Hall–Kier alpha value is -4.16. The number of nitrogens with zero attached hydrogens (tertiary/aromatic N) is 3. The number of aryl methyl sites for hydroxylation is 2. The van der Waals surface area contributed by atoms with E-state index in [-0.39, 0.29) is 12.5 Å². The van der Waals surface area contributed by atoms with Crippen molar-refractivity contribution in [3.05, 3.63) is 101 Å². The van der Waals surface area contributed by atoms with E-state index in [9.17, 15) is 4.79 Å². The van der Waals surface area contributed by atoms with E-state index in [1.807, 2.05) is 86.6 Å². The molecule has 35 heavy (non-hydrogen) atoms. The molecule has 0 unspecified atom stereocenters. The summed E-state index contributed by atoms with van der Waals surface area (Å²) in [5, 5.41) is 9.10. The van der Waals surface area contributed by atoms with Gasteiger partial charge in [-0.15, -0.1) is 0 Å².